The van der Waals surface area contributed by atoms with Crippen LogP contribution in [0, 0.1) is 0 Å². The average Bonchev–Trinajstić information content (AvgIpc) is 2.78. The quantitative estimate of drug-likeness (QED) is 0.859. The van der Waals surface area contributed by atoms with E-state index in [2.05, 4.69) is 26.2 Å². The normalized spacial score (nSPS) is 11.7. The lowest BCUT2D eigenvalue weighted by Crippen LogP contribution is -2.08. The highest BCUT2D eigenvalue weighted by Gasteiger charge is 2.33. The highest BCUT2D eigenvalue weighted by atomic mass is 79.9. The molecule has 0 spiro atoms. The van der Waals surface area contributed by atoms with E-state index in [9.17, 15) is 13.2 Å². The Hall–Kier alpha value is -1.50. The van der Waals surface area contributed by atoms with Crippen molar-refractivity contribution in [1.82, 2.24) is 9.55 Å². The molecule has 0 fully saturated rings. The Kier molecular flexibility index (Phi) is 4.37. The SMILES string of the molecule is CCCn1ccnc1Nc1ccc(Br)c(C(F)(F)F)c1. The summed E-state index contributed by atoms with van der Waals surface area (Å²) < 4.78 is 40.4. The number of benzene rings is 1. The first-order valence-corrected chi connectivity index (χ1v) is 6.86. The van der Waals surface area contributed by atoms with E-state index in [1.54, 1.807) is 18.5 Å². The van der Waals surface area contributed by atoms with Crippen molar-refractivity contribution in [2.75, 3.05) is 5.32 Å². The summed E-state index contributed by atoms with van der Waals surface area (Å²) in [6.07, 6.45) is -0.0780. The van der Waals surface area contributed by atoms with Crippen molar-refractivity contribution in [2.45, 2.75) is 26.1 Å². The molecule has 2 rings (SSSR count). The smallest absolute Gasteiger partial charge is 0.326 e. The summed E-state index contributed by atoms with van der Waals surface area (Å²) in [5.74, 6) is 0.530. The van der Waals surface area contributed by atoms with E-state index in [1.165, 1.54) is 6.07 Å². The average molecular weight is 348 g/mol. The highest BCUT2D eigenvalue weighted by Crippen LogP contribution is 2.36. The van der Waals surface area contributed by atoms with Crippen molar-refractivity contribution < 1.29 is 13.2 Å². The van der Waals surface area contributed by atoms with Gasteiger partial charge < -0.3 is 9.88 Å². The molecule has 20 heavy (non-hydrogen) atoms. The van der Waals surface area contributed by atoms with E-state index in [0.29, 0.717) is 11.6 Å². The molecule has 0 amide bonds. The Bertz CT molecular complexity index is 593. The second kappa shape index (κ2) is 5.87. The Morgan fingerprint density at radius 2 is 2.10 bits per heavy atom. The molecule has 1 N–H and O–H groups in total. The number of imidazole rings is 1. The van der Waals surface area contributed by atoms with Crippen LogP contribution in [0.2, 0.25) is 0 Å². The van der Waals surface area contributed by atoms with Gasteiger partial charge in [-0.15, -0.1) is 0 Å². The van der Waals surface area contributed by atoms with Crippen LogP contribution in [0.5, 0.6) is 0 Å². The van der Waals surface area contributed by atoms with E-state index in [4.69, 9.17) is 0 Å². The monoisotopic (exact) mass is 347 g/mol. The number of anilines is 2. The number of hydrogen-bond donors (Lipinski definition) is 1. The van der Waals surface area contributed by atoms with Crippen LogP contribution in [0.25, 0.3) is 0 Å². The Balaban J connectivity index is 2.28. The van der Waals surface area contributed by atoms with Crippen LogP contribution in [0.3, 0.4) is 0 Å². The first-order valence-electron chi connectivity index (χ1n) is 6.06. The number of nitrogens with zero attached hydrogens (tertiary/aromatic N) is 2. The van der Waals surface area contributed by atoms with Gasteiger partial charge in [0.2, 0.25) is 5.95 Å². The van der Waals surface area contributed by atoms with Gasteiger partial charge in [-0.2, -0.15) is 13.2 Å². The van der Waals surface area contributed by atoms with Gasteiger partial charge in [-0.3, -0.25) is 0 Å². The topological polar surface area (TPSA) is 29.9 Å². The van der Waals surface area contributed by atoms with Gasteiger partial charge in [-0.05, 0) is 24.6 Å². The van der Waals surface area contributed by atoms with Crippen molar-refractivity contribution in [1.29, 1.82) is 0 Å². The van der Waals surface area contributed by atoms with E-state index in [0.717, 1.165) is 19.0 Å². The van der Waals surface area contributed by atoms with E-state index >= 15 is 0 Å². The predicted octanol–water partition coefficient (Wildman–Crippen LogP) is 4.82. The van der Waals surface area contributed by atoms with Gasteiger partial charge in [0.15, 0.2) is 0 Å². The van der Waals surface area contributed by atoms with Crippen molar-refractivity contribution in [3.05, 3.63) is 40.6 Å². The number of alkyl halides is 3. The third kappa shape index (κ3) is 3.33. The molecule has 1 heterocycles. The Morgan fingerprint density at radius 1 is 1.35 bits per heavy atom. The minimum absolute atomic E-state index is 0.0208. The fourth-order valence-corrected chi connectivity index (χ4v) is 2.28. The maximum absolute atomic E-state index is 12.8. The van der Waals surface area contributed by atoms with E-state index in [-0.39, 0.29) is 4.47 Å². The summed E-state index contributed by atoms with van der Waals surface area (Å²) in [6.45, 7) is 2.77. The molecule has 0 radical (unpaired) electrons. The van der Waals surface area contributed by atoms with Crippen LogP contribution in [0.4, 0.5) is 24.8 Å². The highest BCUT2D eigenvalue weighted by molar-refractivity contribution is 9.10. The van der Waals surface area contributed by atoms with Gasteiger partial charge in [0.1, 0.15) is 0 Å². The summed E-state index contributed by atoms with van der Waals surface area (Å²) in [5.41, 5.74) is -0.361. The molecule has 1 aromatic carbocycles. The Morgan fingerprint density at radius 3 is 2.75 bits per heavy atom. The lowest BCUT2D eigenvalue weighted by Gasteiger charge is -2.13. The molecule has 1 aromatic heterocycles. The summed E-state index contributed by atoms with van der Waals surface area (Å²) in [6, 6.07) is 4.01. The summed E-state index contributed by atoms with van der Waals surface area (Å²) >= 11 is 2.91. The van der Waals surface area contributed by atoms with Crippen LogP contribution < -0.4 is 5.32 Å². The molecule has 0 bridgehead atoms. The van der Waals surface area contributed by atoms with Gasteiger partial charge in [0.25, 0.3) is 0 Å². The number of rotatable bonds is 4. The second-order valence-corrected chi connectivity index (χ2v) is 5.12. The van der Waals surface area contributed by atoms with Crippen LogP contribution in [0.15, 0.2) is 35.1 Å². The number of aromatic nitrogens is 2. The molecule has 7 heteroatoms. The van der Waals surface area contributed by atoms with Gasteiger partial charge in [-0.25, -0.2) is 4.98 Å². The zero-order chi connectivity index (χ0) is 14.8. The number of hydrogen-bond acceptors (Lipinski definition) is 2. The maximum atomic E-state index is 12.8. The minimum Gasteiger partial charge on any atom is -0.326 e. The van der Waals surface area contributed by atoms with Crippen LogP contribution in [0.1, 0.15) is 18.9 Å². The van der Waals surface area contributed by atoms with Crippen molar-refractivity contribution in [3.63, 3.8) is 0 Å². The molecule has 0 aliphatic heterocycles. The third-order valence-corrected chi connectivity index (χ3v) is 3.40. The van der Waals surface area contributed by atoms with Crippen LogP contribution in [-0.2, 0) is 12.7 Å². The van der Waals surface area contributed by atoms with Gasteiger partial charge in [-0.1, -0.05) is 22.9 Å². The molecule has 0 saturated carbocycles. The number of nitrogens with one attached hydrogen (secondary N) is 1. The van der Waals surface area contributed by atoms with Gasteiger partial charge in [0.05, 0.1) is 5.56 Å². The summed E-state index contributed by atoms with van der Waals surface area (Å²) in [4.78, 5) is 4.10. The predicted molar refractivity (Wildman–Crippen MR) is 74.9 cm³/mol. The molecule has 2 aromatic rings. The number of halogens is 4. The van der Waals surface area contributed by atoms with E-state index < -0.39 is 11.7 Å². The first kappa shape index (κ1) is 14.9. The maximum Gasteiger partial charge on any atom is 0.417 e. The van der Waals surface area contributed by atoms with E-state index in [1.807, 2.05) is 11.5 Å². The minimum atomic E-state index is -4.39. The summed E-state index contributed by atoms with van der Waals surface area (Å²) in [7, 11) is 0. The third-order valence-electron chi connectivity index (χ3n) is 2.71. The Labute approximate surface area is 123 Å². The first-order chi connectivity index (χ1) is 9.41. The van der Waals surface area contributed by atoms with Crippen LogP contribution in [-0.4, -0.2) is 9.55 Å². The van der Waals surface area contributed by atoms with Gasteiger partial charge >= 0.3 is 6.18 Å². The summed E-state index contributed by atoms with van der Waals surface area (Å²) in [5, 5.41) is 2.91. The molecule has 3 nitrogen and oxygen atoms in total. The van der Waals surface area contributed by atoms with Crippen molar-refractivity contribution in [3.8, 4) is 0 Å². The molecule has 0 aliphatic carbocycles. The fraction of sp³-hybridized carbons (Fsp3) is 0.308. The van der Waals surface area contributed by atoms with Crippen molar-refractivity contribution >= 4 is 27.6 Å². The zero-order valence-electron chi connectivity index (χ0n) is 10.7. The zero-order valence-corrected chi connectivity index (χ0v) is 12.3. The molecule has 0 saturated heterocycles. The molecule has 108 valence electrons. The molecular weight excluding hydrogens is 335 g/mol. The molecular formula is C13H13BrF3N3. The van der Waals surface area contributed by atoms with Crippen LogP contribution >= 0.6 is 15.9 Å². The molecule has 0 aliphatic rings. The second-order valence-electron chi connectivity index (χ2n) is 4.26. The molecule has 0 atom stereocenters. The number of aryl methyl sites for hydroxylation is 1. The largest absolute Gasteiger partial charge is 0.417 e. The lowest BCUT2D eigenvalue weighted by molar-refractivity contribution is -0.138. The van der Waals surface area contributed by atoms with Gasteiger partial charge in [0, 0.05) is 29.1 Å². The standard InChI is InChI=1S/C13H13BrF3N3/c1-2-6-20-7-5-18-12(20)19-9-3-4-11(14)10(8-9)13(15,16)17/h3-5,7-8H,2,6H2,1H3,(H,18,19). The fourth-order valence-electron chi connectivity index (χ4n) is 1.80. The molecule has 0 unspecified atom stereocenters. The lowest BCUT2D eigenvalue weighted by atomic mass is 10.2. The van der Waals surface area contributed by atoms with Crippen molar-refractivity contribution in [2.24, 2.45) is 0 Å².